The average Bonchev–Trinajstić information content (AvgIpc) is 2.78. The quantitative estimate of drug-likeness (QED) is 0.878. The molecule has 3 heterocycles. The fourth-order valence-electron chi connectivity index (χ4n) is 3.49. The predicted molar refractivity (Wildman–Crippen MR) is 79.0 cm³/mol. The number of pyridine rings is 1. The smallest absolute Gasteiger partial charge is 0.243 e. The molecule has 2 aromatic rings. The number of rotatable bonds is 2. The molecule has 106 valence electrons. The Labute approximate surface area is 118 Å². The van der Waals surface area contributed by atoms with Gasteiger partial charge in [-0.3, -0.25) is 0 Å². The number of fused-ring (bicyclic) bond motifs is 1. The highest BCUT2D eigenvalue weighted by Crippen LogP contribution is 2.38. The van der Waals surface area contributed by atoms with Crippen LogP contribution in [0.25, 0.3) is 5.65 Å². The van der Waals surface area contributed by atoms with E-state index in [0.717, 1.165) is 24.6 Å². The molecule has 1 saturated heterocycles. The molecule has 1 atom stereocenters. The van der Waals surface area contributed by atoms with Crippen molar-refractivity contribution in [2.75, 3.05) is 11.9 Å². The Morgan fingerprint density at radius 1 is 1.40 bits per heavy atom. The van der Waals surface area contributed by atoms with Gasteiger partial charge >= 0.3 is 0 Å². The van der Waals surface area contributed by atoms with Gasteiger partial charge in [-0.25, -0.2) is 4.52 Å². The molecule has 1 aliphatic heterocycles. The van der Waals surface area contributed by atoms with E-state index in [-0.39, 0.29) is 0 Å². The summed E-state index contributed by atoms with van der Waals surface area (Å²) in [5.41, 5.74) is 2.51. The van der Waals surface area contributed by atoms with Gasteiger partial charge in [-0.05, 0) is 57.2 Å². The van der Waals surface area contributed by atoms with Gasteiger partial charge in [0.25, 0.3) is 0 Å². The lowest BCUT2D eigenvalue weighted by molar-refractivity contribution is 0.135. The van der Waals surface area contributed by atoms with Gasteiger partial charge in [-0.1, -0.05) is 6.07 Å². The topological polar surface area (TPSA) is 54.2 Å². The number of anilines is 1. The van der Waals surface area contributed by atoms with Gasteiger partial charge in [-0.15, -0.1) is 5.10 Å². The first-order valence-corrected chi connectivity index (χ1v) is 7.57. The molecule has 20 heavy (non-hydrogen) atoms. The Hall–Kier alpha value is -1.62. The third kappa shape index (κ3) is 2.06. The molecule has 2 fully saturated rings. The van der Waals surface area contributed by atoms with Crippen LogP contribution >= 0.6 is 0 Å². The van der Waals surface area contributed by atoms with E-state index < -0.39 is 0 Å². The van der Waals surface area contributed by atoms with Gasteiger partial charge < -0.3 is 10.6 Å². The maximum absolute atomic E-state index is 4.56. The first kappa shape index (κ1) is 12.1. The Morgan fingerprint density at radius 3 is 3.10 bits per heavy atom. The van der Waals surface area contributed by atoms with Crippen molar-refractivity contribution in [1.82, 2.24) is 19.9 Å². The monoisotopic (exact) mass is 271 g/mol. The summed E-state index contributed by atoms with van der Waals surface area (Å²) in [5, 5.41) is 11.8. The summed E-state index contributed by atoms with van der Waals surface area (Å²) in [7, 11) is 0. The molecule has 0 radical (unpaired) electrons. The summed E-state index contributed by atoms with van der Waals surface area (Å²) in [5.74, 6) is 0.761. The summed E-state index contributed by atoms with van der Waals surface area (Å²) in [6.45, 7) is 3.17. The molecule has 1 spiro atoms. The number of aromatic nitrogens is 3. The molecule has 5 heteroatoms. The normalized spacial score (nSPS) is 24.8. The number of nitrogens with one attached hydrogen (secondary N) is 2. The third-order valence-electron chi connectivity index (χ3n) is 4.75. The van der Waals surface area contributed by atoms with Crippen LogP contribution in [0.15, 0.2) is 18.3 Å². The van der Waals surface area contributed by atoms with E-state index in [0.29, 0.717) is 11.6 Å². The lowest BCUT2D eigenvalue weighted by atomic mass is 9.70. The van der Waals surface area contributed by atoms with Crippen molar-refractivity contribution in [3.05, 3.63) is 23.9 Å². The first-order chi connectivity index (χ1) is 9.72. The largest absolute Gasteiger partial charge is 0.350 e. The number of hydrogen-bond acceptors (Lipinski definition) is 4. The molecular formula is C15H21N5. The summed E-state index contributed by atoms with van der Waals surface area (Å²) >= 11 is 0. The van der Waals surface area contributed by atoms with Gasteiger partial charge in [0, 0.05) is 17.8 Å². The highest BCUT2D eigenvalue weighted by atomic mass is 15.3. The zero-order valence-electron chi connectivity index (χ0n) is 11.9. The molecule has 1 saturated carbocycles. The van der Waals surface area contributed by atoms with Gasteiger partial charge in [0.2, 0.25) is 5.95 Å². The number of piperidine rings is 1. The van der Waals surface area contributed by atoms with Gasteiger partial charge in [0.1, 0.15) is 0 Å². The van der Waals surface area contributed by atoms with E-state index in [2.05, 4.69) is 33.7 Å². The fourth-order valence-corrected chi connectivity index (χ4v) is 3.49. The fraction of sp³-hybridized carbons (Fsp3) is 0.600. The highest BCUT2D eigenvalue weighted by Gasteiger charge is 2.41. The van der Waals surface area contributed by atoms with Gasteiger partial charge in [0.15, 0.2) is 5.65 Å². The molecule has 2 aromatic heterocycles. The molecule has 1 unspecified atom stereocenters. The van der Waals surface area contributed by atoms with Crippen molar-refractivity contribution in [3.63, 3.8) is 0 Å². The molecule has 0 amide bonds. The SMILES string of the molecule is Cc1ccc2nc(NC3CCNC4(CCC4)C3)nn2c1. The summed E-state index contributed by atoms with van der Waals surface area (Å²) in [4.78, 5) is 4.56. The standard InChI is InChI=1S/C15H21N5/c1-11-3-4-13-18-14(19-20(13)10-11)17-12-5-8-16-15(9-12)6-2-7-15/h3-4,10,12,16H,2,5-9H2,1H3,(H,17,19). The van der Waals surface area contributed by atoms with Crippen LogP contribution in [0, 0.1) is 6.92 Å². The van der Waals surface area contributed by atoms with Crippen LogP contribution in [0.2, 0.25) is 0 Å². The molecule has 0 bridgehead atoms. The minimum absolute atomic E-state index is 0.408. The van der Waals surface area contributed by atoms with E-state index in [9.17, 15) is 0 Å². The minimum atomic E-state index is 0.408. The summed E-state index contributed by atoms with van der Waals surface area (Å²) < 4.78 is 1.86. The predicted octanol–water partition coefficient (Wildman–Crippen LogP) is 2.12. The van der Waals surface area contributed by atoms with Crippen LogP contribution in [0.1, 0.15) is 37.7 Å². The lowest BCUT2D eigenvalue weighted by Gasteiger charge is -2.48. The van der Waals surface area contributed by atoms with Crippen molar-refractivity contribution in [2.45, 2.75) is 50.6 Å². The van der Waals surface area contributed by atoms with Crippen molar-refractivity contribution in [1.29, 1.82) is 0 Å². The number of hydrogen-bond donors (Lipinski definition) is 2. The van der Waals surface area contributed by atoms with Crippen LogP contribution in [0.4, 0.5) is 5.95 Å². The van der Waals surface area contributed by atoms with Crippen LogP contribution in [-0.4, -0.2) is 32.7 Å². The summed E-state index contributed by atoms with van der Waals surface area (Å²) in [6.07, 6.45) is 8.37. The first-order valence-electron chi connectivity index (χ1n) is 7.57. The number of nitrogens with zero attached hydrogens (tertiary/aromatic N) is 3. The molecule has 2 N–H and O–H groups in total. The Balaban J connectivity index is 1.52. The second-order valence-corrected chi connectivity index (χ2v) is 6.34. The molecule has 5 nitrogen and oxygen atoms in total. The van der Waals surface area contributed by atoms with Crippen LogP contribution in [0.5, 0.6) is 0 Å². The minimum Gasteiger partial charge on any atom is -0.350 e. The van der Waals surface area contributed by atoms with Crippen LogP contribution < -0.4 is 10.6 Å². The summed E-state index contributed by atoms with van der Waals surface area (Å²) in [6, 6.07) is 4.58. The van der Waals surface area contributed by atoms with E-state index in [1.54, 1.807) is 0 Å². The van der Waals surface area contributed by atoms with E-state index in [4.69, 9.17) is 0 Å². The second kappa shape index (κ2) is 4.45. The van der Waals surface area contributed by atoms with E-state index in [1.807, 2.05) is 16.8 Å². The van der Waals surface area contributed by atoms with E-state index in [1.165, 1.54) is 31.2 Å². The van der Waals surface area contributed by atoms with Crippen LogP contribution in [0.3, 0.4) is 0 Å². The van der Waals surface area contributed by atoms with Crippen LogP contribution in [-0.2, 0) is 0 Å². The molecule has 0 aromatic carbocycles. The second-order valence-electron chi connectivity index (χ2n) is 6.34. The molecular weight excluding hydrogens is 250 g/mol. The molecule has 1 aliphatic carbocycles. The molecule has 4 rings (SSSR count). The highest BCUT2D eigenvalue weighted by molar-refractivity contribution is 5.44. The van der Waals surface area contributed by atoms with Crippen molar-refractivity contribution in [2.24, 2.45) is 0 Å². The van der Waals surface area contributed by atoms with Crippen molar-refractivity contribution >= 4 is 11.6 Å². The Morgan fingerprint density at radius 2 is 2.30 bits per heavy atom. The lowest BCUT2D eigenvalue weighted by Crippen LogP contribution is -2.58. The number of aryl methyl sites for hydroxylation is 1. The zero-order chi connectivity index (χ0) is 13.6. The Kier molecular flexibility index (Phi) is 2.70. The maximum Gasteiger partial charge on any atom is 0.243 e. The third-order valence-corrected chi connectivity index (χ3v) is 4.75. The average molecular weight is 271 g/mol. The maximum atomic E-state index is 4.56. The molecule has 2 aliphatic rings. The van der Waals surface area contributed by atoms with Crippen molar-refractivity contribution < 1.29 is 0 Å². The van der Waals surface area contributed by atoms with Gasteiger partial charge in [-0.2, -0.15) is 4.98 Å². The Bertz CT molecular complexity index is 628. The zero-order valence-corrected chi connectivity index (χ0v) is 11.9. The van der Waals surface area contributed by atoms with Gasteiger partial charge in [0.05, 0.1) is 0 Å². The van der Waals surface area contributed by atoms with Crippen molar-refractivity contribution in [3.8, 4) is 0 Å². The van der Waals surface area contributed by atoms with E-state index >= 15 is 0 Å².